The number of nitrogens with zero attached hydrogens (tertiary/aromatic N) is 1. The lowest BCUT2D eigenvalue weighted by Crippen LogP contribution is -2.30. The Morgan fingerprint density at radius 2 is 1.00 bits per heavy atom. The van der Waals surface area contributed by atoms with Crippen molar-refractivity contribution in [2.24, 2.45) is 0 Å². The van der Waals surface area contributed by atoms with E-state index in [1.807, 2.05) is 19.1 Å². The summed E-state index contributed by atoms with van der Waals surface area (Å²) in [5.74, 6) is 0.714. The first kappa shape index (κ1) is 29.7. The first-order valence-corrected chi connectivity index (χ1v) is 16.0. The number of hydrogen-bond donors (Lipinski definition) is 1. The molecule has 3 nitrogen and oxygen atoms in total. The van der Waals surface area contributed by atoms with Gasteiger partial charge in [-0.2, -0.15) is 0 Å². The van der Waals surface area contributed by atoms with Gasteiger partial charge in [0, 0.05) is 28.9 Å². The van der Waals surface area contributed by atoms with Crippen LogP contribution < -0.4 is 9.64 Å². The Kier molecular flexibility index (Phi) is 8.86. The topological polar surface area (TPSA) is 32.7 Å². The molecule has 1 saturated carbocycles. The van der Waals surface area contributed by atoms with Crippen LogP contribution in [0.1, 0.15) is 67.7 Å². The molecule has 1 aliphatic carbocycles. The number of hydrogen-bond acceptors (Lipinski definition) is 3. The number of aliphatic hydroxyl groups is 1. The molecule has 1 aliphatic rings. The third kappa shape index (κ3) is 6.30. The zero-order valence-corrected chi connectivity index (χ0v) is 26.2. The largest absolute Gasteiger partial charge is 0.465 e. The Bertz CT molecular complexity index is 1630. The third-order valence-electron chi connectivity index (χ3n) is 9.22. The monoisotopic (exact) mass is 581 g/mol. The fraction of sp³-hybridized carbons (Fsp3) is 0.268. The van der Waals surface area contributed by atoms with E-state index < -0.39 is 6.29 Å². The van der Waals surface area contributed by atoms with Crippen molar-refractivity contribution in [1.82, 2.24) is 0 Å². The van der Waals surface area contributed by atoms with Crippen LogP contribution in [0.4, 0.5) is 17.1 Å². The molecule has 5 aromatic carbocycles. The normalized spacial score (nSPS) is 15.0. The summed E-state index contributed by atoms with van der Waals surface area (Å²) in [6.07, 6.45) is 5.78. The maximum absolute atomic E-state index is 9.96. The summed E-state index contributed by atoms with van der Waals surface area (Å²) < 4.78 is 5.67. The minimum atomic E-state index is -0.771. The molecule has 0 spiro atoms. The molecule has 0 aromatic heterocycles. The Hall–Kier alpha value is -4.34. The molecule has 0 heterocycles. The molecule has 1 fully saturated rings. The quantitative estimate of drug-likeness (QED) is 0.176. The predicted molar refractivity (Wildman–Crippen MR) is 183 cm³/mol. The zero-order valence-electron chi connectivity index (χ0n) is 26.2. The maximum Gasteiger partial charge on any atom is 0.197 e. The summed E-state index contributed by atoms with van der Waals surface area (Å²) in [6, 6.07) is 44.1. The molecule has 1 unspecified atom stereocenters. The molecule has 3 heteroatoms. The summed E-state index contributed by atoms with van der Waals surface area (Å²) in [5.41, 5.74) is 11.0. The van der Waals surface area contributed by atoms with Crippen LogP contribution in [0.3, 0.4) is 0 Å². The average molecular weight is 582 g/mol. The summed E-state index contributed by atoms with van der Waals surface area (Å²) in [5, 5.41) is 9.96. The number of anilines is 3. The van der Waals surface area contributed by atoms with E-state index in [4.69, 9.17) is 4.74 Å². The van der Waals surface area contributed by atoms with Crippen molar-refractivity contribution in [2.75, 3.05) is 4.90 Å². The Morgan fingerprint density at radius 3 is 1.50 bits per heavy atom. The van der Waals surface area contributed by atoms with Crippen molar-refractivity contribution < 1.29 is 9.84 Å². The lowest BCUT2D eigenvalue weighted by molar-refractivity contribution is -0.0191. The van der Waals surface area contributed by atoms with E-state index >= 15 is 0 Å². The van der Waals surface area contributed by atoms with Gasteiger partial charge < -0.3 is 14.7 Å². The van der Waals surface area contributed by atoms with Crippen molar-refractivity contribution >= 4 is 17.1 Å². The molecular weight excluding hydrogens is 538 g/mol. The predicted octanol–water partition coefficient (Wildman–Crippen LogP) is 10.8. The SMILES string of the molecule is CCC(O)Oc1ccc(C2(c3ccc(N(c4ccc(C)cc4)c4ccc(-c5ccc(C)cc5)cc4)cc3)CCCCC2)cc1. The Balaban J connectivity index is 1.34. The fourth-order valence-electron chi connectivity index (χ4n) is 6.61. The zero-order chi connectivity index (χ0) is 30.5. The third-order valence-corrected chi connectivity index (χ3v) is 9.22. The molecule has 0 saturated heterocycles. The summed E-state index contributed by atoms with van der Waals surface area (Å²) in [7, 11) is 0. The Labute approximate surface area is 262 Å². The molecule has 44 heavy (non-hydrogen) atoms. The van der Waals surface area contributed by atoms with Crippen molar-refractivity contribution in [3.63, 3.8) is 0 Å². The minimum Gasteiger partial charge on any atom is -0.465 e. The van der Waals surface area contributed by atoms with E-state index in [-0.39, 0.29) is 5.41 Å². The standard InChI is InChI=1S/C41H43NO2/c1-4-40(43)44-39-26-18-35(19-27-39)41(28-6-5-7-29-41)34-16-24-38(25-17-34)42(36-20-10-31(3)11-21-36)37-22-14-33(15-23-37)32-12-8-30(2)9-13-32/h8-27,40,43H,4-7,28-29H2,1-3H3. The van der Waals surface area contributed by atoms with E-state index in [2.05, 4.69) is 128 Å². The highest BCUT2D eigenvalue weighted by Gasteiger charge is 2.35. The van der Waals surface area contributed by atoms with Crippen LogP contribution >= 0.6 is 0 Å². The van der Waals surface area contributed by atoms with Gasteiger partial charge in [-0.15, -0.1) is 0 Å². The van der Waals surface area contributed by atoms with Gasteiger partial charge in [-0.3, -0.25) is 0 Å². The van der Waals surface area contributed by atoms with Gasteiger partial charge in [0.05, 0.1) is 0 Å². The lowest BCUT2D eigenvalue weighted by Gasteiger charge is -2.39. The molecule has 0 amide bonds. The van der Waals surface area contributed by atoms with Crippen molar-refractivity contribution in [1.29, 1.82) is 0 Å². The van der Waals surface area contributed by atoms with Gasteiger partial charge in [-0.25, -0.2) is 0 Å². The first-order valence-electron chi connectivity index (χ1n) is 16.0. The van der Waals surface area contributed by atoms with Crippen LogP contribution in [0.5, 0.6) is 5.75 Å². The van der Waals surface area contributed by atoms with Crippen LogP contribution in [0.2, 0.25) is 0 Å². The number of benzene rings is 5. The lowest BCUT2D eigenvalue weighted by atomic mass is 9.65. The highest BCUT2D eigenvalue weighted by atomic mass is 16.6. The van der Waals surface area contributed by atoms with E-state index in [0.717, 1.165) is 29.9 Å². The fourth-order valence-corrected chi connectivity index (χ4v) is 6.61. The molecule has 1 N–H and O–H groups in total. The molecule has 0 aliphatic heterocycles. The van der Waals surface area contributed by atoms with Gasteiger partial charge >= 0.3 is 0 Å². The van der Waals surface area contributed by atoms with Crippen molar-refractivity contribution in [3.05, 3.63) is 144 Å². The first-order chi connectivity index (χ1) is 21.4. The van der Waals surface area contributed by atoms with Gasteiger partial charge in [0.2, 0.25) is 0 Å². The van der Waals surface area contributed by atoms with E-state index in [9.17, 15) is 5.11 Å². The number of aliphatic hydroxyl groups excluding tert-OH is 1. The van der Waals surface area contributed by atoms with E-state index in [0.29, 0.717) is 12.2 Å². The van der Waals surface area contributed by atoms with Gasteiger partial charge in [0.15, 0.2) is 6.29 Å². The second kappa shape index (κ2) is 13.1. The molecule has 5 aromatic rings. The van der Waals surface area contributed by atoms with Crippen LogP contribution in [0.15, 0.2) is 121 Å². The van der Waals surface area contributed by atoms with Crippen LogP contribution in [-0.4, -0.2) is 11.4 Å². The van der Waals surface area contributed by atoms with E-state index in [1.165, 1.54) is 52.6 Å². The highest BCUT2D eigenvalue weighted by molar-refractivity contribution is 5.78. The molecule has 224 valence electrons. The highest BCUT2D eigenvalue weighted by Crippen LogP contribution is 2.46. The maximum atomic E-state index is 9.96. The van der Waals surface area contributed by atoms with Gasteiger partial charge in [0.1, 0.15) is 5.75 Å². The minimum absolute atomic E-state index is 0.0247. The molecule has 1 atom stereocenters. The summed E-state index contributed by atoms with van der Waals surface area (Å²) in [6.45, 7) is 6.17. The summed E-state index contributed by atoms with van der Waals surface area (Å²) >= 11 is 0. The smallest absolute Gasteiger partial charge is 0.197 e. The number of aryl methyl sites for hydroxylation is 2. The molecule has 0 bridgehead atoms. The second-order valence-electron chi connectivity index (χ2n) is 12.3. The molecule has 0 radical (unpaired) electrons. The average Bonchev–Trinajstić information content (AvgIpc) is 3.07. The van der Waals surface area contributed by atoms with E-state index in [1.54, 1.807) is 0 Å². The van der Waals surface area contributed by atoms with Gasteiger partial charge in [-0.05, 0) is 97.5 Å². The van der Waals surface area contributed by atoms with Crippen LogP contribution in [-0.2, 0) is 5.41 Å². The Morgan fingerprint density at radius 1 is 0.591 bits per heavy atom. The van der Waals surface area contributed by atoms with Gasteiger partial charge in [0.25, 0.3) is 0 Å². The van der Waals surface area contributed by atoms with Crippen LogP contribution in [0.25, 0.3) is 11.1 Å². The molecular formula is C41H43NO2. The van der Waals surface area contributed by atoms with Crippen molar-refractivity contribution in [2.45, 2.75) is 71.0 Å². The van der Waals surface area contributed by atoms with Crippen molar-refractivity contribution in [3.8, 4) is 16.9 Å². The van der Waals surface area contributed by atoms with Gasteiger partial charge in [-0.1, -0.05) is 110 Å². The van der Waals surface area contributed by atoms with Crippen LogP contribution in [0, 0.1) is 13.8 Å². The molecule has 6 rings (SSSR count). The summed E-state index contributed by atoms with van der Waals surface area (Å²) in [4.78, 5) is 2.35. The number of ether oxygens (including phenoxy) is 1. The number of rotatable bonds is 9. The second-order valence-corrected chi connectivity index (χ2v) is 12.3.